The van der Waals surface area contributed by atoms with Gasteiger partial charge in [-0.1, -0.05) is 0 Å². The van der Waals surface area contributed by atoms with Crippen LogP contribution in [-0.2, 0) is 14.6 Å². The molecule has 0 unspecified atom stereocenters. The molecule has 1 heterocycles. The van der Waals surface area contributed by atoms with Crippen molar-refractivity contribution in [3.63, 3.8) is 0 Å². The Bertz CT molecular complexity index is 600. The van der Waals surface area contributed by atoms with E-state index in [4.69, 9.17) is 16.3 Å². The molecule has 0 saturated carbocycles. The number of alkyl halides is 1. The van der Waals surface area contributed by atoms with Crippen molar-refractivity contribution < 1.29 is 17.9 Å². The molecule has 1 atom stereocenters. The van der Waals surface area contributed by atoms with E-state index in [2.05, 4.69) is 0 Å². The molecule has 0 radical (unpaired) electrons. The topological polar surface area (TPSA) is 63.7 Å². The summed E-state index contributed by atoms with van der Waals surface area (Å²) in [7, 11) is -3.07. The number of hydrogen-bond donors (Lipinski definition) is 0. The number of benzene rings is 1. The molecule has 7 heteroatoms. The summed E-state index contributed by atoms with van der Waals surface area (Å²) >= 11 is 5.66. The molecule has 1 saturated heterocycles. The minimum atomic E-state index is -3.07. The molecule has 1 aliphatic rings. The first kappa shape index (κ1) is 16.1. The van der Waals surface area contributed by atoms with Crippen LogP contribution < -0.4 is 9.64 Å². The van der Waals surface area contributed by atoms with Gasteiger partial charge in [-0.15, -0.1) is 11.6 Å². The van der Waals surface area contributed by atoms with Crippen LogP contribution in [0.4, 0.5) is 5.69 Å². The molecule has 1 fully saturated rings. The van der Waals surface area contributed by atoms with Crippen LogP contribution >= 0.6 is 11.6 Å². The second-order valence-corrected chi connectivity index (χ2v) is 7.38. The van der Waals surface area contributed by atoms with E-state index >= 15 is 0 Å². The number of nitrogens with zero attached hydrogens (tertiary/aromatic N) is 1. The summed E-state index contributed by atoms with van der Waals surface area (Å²) in [6.45, 7) is 2.45. The summed E-state index contributed by atoms with van der Waals surface area (Å²) in [5.41, 5.74) is 0.645. The molecule has 0 aromatic heterocycles. The lowest BCUT2D eigenvalue weighted by atomic mass is 10.2. The average Bonchev–Trinajstić information content (AvgIpc) is 2.81. The van der Waals surface area contributed by atoms with Gasteiger partial charge in [-0.25, -0.2) is 8.42 Å². The van der Waals surface area contributed by atoms with Crippen molar-refractivity contribution in [3.8, 4) is 5.75 Å². The summed E-state index contributed by atoms with van der Waals surface area (Å²) in [6, 6.07) is 6.67. The van der Waals surface area contributed by atoms with Gasteiger partial charge in [0.15, 0.2) is 9.84 Å². The zero-order chi connectivity index (χ0) is 15.5. The van der Waals surface area contributed by atoms with E-state index in [0.29, 0.717) is 24.5 Å². The van der Waals surface area contributed by atoms with Gasteiger partial charge in [-0.3, -0.25) is 4.79 Å². The Kier molecular flexibility index (Phi) is 5.11. The van der Waals surface area contributed by atoms with E-state index in [9.17, 15) is 13.2 Å². The number of carbonyl (C=O) groups is 1. The van der Waals surface area contributed by atoms with Crippen molar-refractivity contribution >= 4 is 33.0 Å². The molecule has 2 rings (SSSR count). The Morgan fingerprint density at radius 3 is 2.52 bits per heavy atom. The van der Waals surface area contributed by atoms with Crippen molar-refractivity contribution in [3.05, 3.63) is 24.3 Å². The quantitative estimate of drug-likeness (QED) is 0.772. The van der Waals surface area contributed by atoms with Gasteiger partial charge in [0.05, 0.1) is 24.2 Å². The number of halogens is 1. The van der Waals surface area contributed by atoms with E-state index in [-0.39, 0.29) is 29.3 Å². The molecule has 0 aliphatic carbocycles. The summed E-state index contributed by atoms with van der Waals surface area (Å²) in [4.78, 5) is 13.6. The van der Waals surface area contributed by atoms with Crippen LogP contribution in [-0.4, -0.2) is 44.4 Å². The third-order valence-electron chi connectivity index (χ3n) is 3.38. The Morgan fingerprint density at radius 1 is 1.38 bits per heavy atom. The van der Waals surface area contributed by atoms with E-state index in [1.54, 1.807) is 24.3 Å². The van der Waals surface area contributed by atoms with Crippen LogP contribution in [0.1, 0.15) is 13.3 Å². The molecule has 5 nitrogen and oxygen atoms in total. The second-order valence-electron chi connectivity index (χ2n) is 4.88. The van der Waals surface area contributed by atoms with Crippen LogP contribution in [0, 0.1) is 0 Å². The van der Waals surface area contributed by atoms with Crippen molar-refractivity contribution in [1.82, 2.24) is 0 Å². The van der Waals surface area contributed by atoms with Crippen LogP contribution in [0.15, 0.2) is 24.3 Å². The van der Waals surface area contributed by atoms with Gasteiger partial charge in [0.1, 0.15) is 11.6 Å². The number of ether oxygens (including phenoxy) is 1. The zero-order valence-corrected chi connectivity index (χ0v) is 13.4. The Morgan fingerprint density at radius 2 is 2.05 bits per heavy atom. The van der Waals surface area contributed by atoms with Gasteiger partial charge in [0, 0.05) is 5.69 Å². The Labute approximate surface area is 129 Å². The maximum absolute atomic E-state index is 12.1. The fraction of sp³-hybridized carbons (Fsp3) is 0.500. The summed E-state index contributed by atoms with van der Waals surface area (Å²) < 4.78 is 28.6. The first-order valence-electron chi connectivity index (χ1n) is 6.78. The molecule has 1 aromatic carbocycles. The summed E-state index contributed by atoms with van der Waals surface area (Å²) in [6.07, 6.45) is 0.443. The minimum Gasteiger partial charge on any atom is -0.494 e. The van der Waals surface area contributed by atoms with Gasteiger partial charge < -0.3 is 9.64 Å². The van der Waals surface area contributed by atoms with E-state index in [1.807, 2.05) is 6.92 Å². The molecular formula is C14H18ClNO4S. The monoisotopic (exact) mass is 331 g/mol. The first-order chi connectivity index (χ1) is 9.96. The van der Waals surface area contributed by atoms with Crippen molar-refractivity contribution in [1.29, 1.82) is 0 Å². The number of rotatable bonds is 5. The maximum Gasteiger partial charge on any atom is 0.242 e. The van der Waals surface area contributed by atoms with Gasteiger partial charge in [0.25, 0.3) is 0 Å². The highest BCUT2D eigenvalue weighted by Gasteiger charge is 2.35. The van der Waals surface area contributed by atoms with Crippen LogP contribution in [0.5, 0.6) is 5.75 Å². The van der Waals surface area contributed by atoms with Crippen molar-refractivity contribution in [2.45, 2.75) is 19.4 Å². The second kappa shape index (κ2) is 6.66. The van der Waals surface area contributed by atoms with E-state index in [1.165, 1.54) is 4.90 Å². The zero-order valence-electron chi connectivity index (χ0n) is 11.8. The highest BCUT2D eigenvalue weighted by Crippen LogP contribution is 2.26. The van der Waals surface area contributed by atoms with E-state index in [0.717, 1.165) is 0 Å². The number of sulfone groups is 1. The SMILES string of the molecule is CCOc1ccc(N(C(=O)CCl)[C@H]2CCS(=O)(=O)C2)cc1. The number of hydrogen-bond acceptors (Lipinski definition) is 4. The lowest BCUT2D eigenvalue weighted by Gasteiger charge is -2.27. The van der Waals surface area contributed by atoms with Crippen LogP contribution in [0.2, 0.25) is 0 Å². The number of carbonyl (C=O) groups excluding carboxylic acids is 1. The third-order valence-corrected chi connectivity index (χ3v) is 5.36. The van der Waals surface area contributed by atoms with Crippen molar-refractivity contribution in [2.75, 3.05) is 28.9 Å². The summed E-state index contributed by atoms with van der Waals surface area (Å²) in [5, 5.41) is 0. The van der Waals surface area contributed by atoms with Crippen LogP contribution in [0.25, 0.3) is 0 Å². The van der Waals surface area contributed by atoms with Gasteiger partial charge in [-0.05, 0) is 37.6 Å². The molecule has 1 amide bonds. The molecule has 1 aromatic rings. The van der Waals surface area contributed by atoms with Gasteiger partial charge >= 0.3 is 0 Å². The highest BCUT2D eigenvalue weighted by molar-refractivity contribution is 7.91. The molecule has 1 aliphatic heterocycles. The number of anilines is 1. The molecule has 116 valence electrons. The number of amides is 1. The third kappa shape index (κ3) is 3.89. The highest BCUT2D eigenvalue weighted by atomic mass is 35.5. The lowest BCUT2D eigenvalue weighted by Crippen LogP contribution is -2.42. The first-order valence-corrected chi connectivity index (χ1v) is 9.13. The fourth-order valence-electron chi connectivity index (χ4n) is 2.47. The normalized spacial score (nSPS) is 20.2. The standard InChI is InChI=1S/C14H18ClNO4S/c1-2-20-13-5-3-11(4-6-13)16(14(17)9-15)12-7-8-21(18,19)10-12/h3-6,12H,2,7-10H2,1H3/t12-/m0/s1. The Balaban J connectivity index is 2.26. The van der Waals surface area contributed by atoms with E-state index < -0.39 is 9.84 Å². The largest absolute Gasteiger partial charge is 0.494 e. The van der Waals surface area contributed by atoms with Gasteiger partial charge in [-0.2, -0.15) is 0 Å². The van der Waals surface area contributed by atoms with Gasteiger partial charge in [0.2, 0.25) is 5.91 Å². The molecule has 0 spiro atoms. The van der Waals surface area contributed by atoms with Crippen molar-refractivity contribution in [2.24, 2.45) is 0 Å². The molecule has 0 bridgehead atoms. The Hall–Kier alpha value is -1.27. The minimum absolute atomic E-state index is 0.0111. The molecular weight excluding hydrogens is 314 g/mol. The predicted octanol–water partition coefficient (Wildman–Crippen LogP) is 1.84. The average molecular weight is 332 g/mol. The maximum atomic E-state index is 12.1. The lowest BCUT2D eigenvalue weighted by molar-refractivity contribution is -0.116. The van der Waals surface area contributed by atoms with Crippen LogP contribution in [0.3, 0.4) is 0 Å². The predicted molar refractivity (Wildman–Crippen MR) is 82.9 cm³/mol. The fourth-order valence-corrected chi connectivity index (χ4v) is 4.30. The molecule has 0 N–H and O–H groups in total. The smallest absolute Gasteiger partial charge is 0.242 e. The molecule has 21 heavy (non-hydrogen) atoms. The summed E-state index contributed by atoms with van der Waals surface area (Å²) in [5.74, 6) is 0.342.